The third-order valence-electron chi connectivity index (χ3n) is 3.38. The Kier molecular flexibility index (Phi) is 2.57. The van der Waals surface area contributed by atoms with Gasteiger partial charge in [0.1, 0.15) is 0 Å². The highest BCUT2D eigenvalue weighted by Gasteiger charge is 2.15. The van der Waals surface area contributed by atoms with E-state index < -0.39 is 0 Å². The van der Waals surface area contributed by atoms with Crippen LogP contribution in [0.25, 0.3) is 22.5 Å². The molecule has 0 aliphatic heterocycles. The van der Waals surface area contributed by atoms with E-state index >= 15 is 0 Å². The molecule has 5 nitrogen and oxygen atoms in total. The Morgan fingerprint density at radius 3 is 2.00 bits per heavy atom. The van der Waals surface area contributed by atoms with Crippen LogP contribution in [0.3, 0.4) is 0 Å². The summed E-state index contributed by atoms with van der Waals surface area (Å²) >= 11 is 0. The summed E-state index contributed by atoms with van der Waals surface area (Å²) in [5.74, 6) is 0. The summed E-state index contributed by atoms with van der Waals surface area (Å²) in [6.45, 7) is 1.95. The molecule has 4 rings (SSSR count). The molecular formula is C16H13N5. The lowest BCUT2D eigenvalue weighted by Gasteiger charge is -2.01. The summed E-state index contributed by atoms with van der Waals surface area (Å²) in [6, 6.07) is 19.9. The number of hydrogen-bond donors (Lipinski definition) is 0. The number of benzene rings is 2. The van der Waals surface area contributed by atoms with Gasteiger partial charge in [0.15, 0.2) is 5.52 Å². The minimum Gasteiger partial charge on any atom is -0.211 e. The predicted molar refractivity (Wildman–Crippen MR) is 80.7 cm³/mol. The molecule has 0 spiro atoms. The standard InChI is InChI=1S/C16H13N5/c1-12-15-16(20(17-12)13-8-4-2-5-9-13)19-21(18-15)14-10-6-3-7-11-14/h2-11H,1H3. The van der Waals surface area contributed by atoms with Gasteiger partial charge < -0.3 is 0 Å². The van der Waals surface area contributed by atoms with Crippen molar-refractivity contribution in [3.63, 3.8) is 0 Å². The second-order valence-corrected chi connectivity index (χ2v) is 4.83. The summed E-state index contributed by atoms with van der Waals surface area (Å²) < 4.78 is 1.83. The molecular weight excluding hydrogens is 262 g/mol. The fraction of sp³-hybridized carbons (Fsp3) is 0.0625. The molecule has 5 heteroatoms. The first-order valence-corrected chi connectivity index (χ1v) is 6.76. The molecule has 2 aromatic heterocycles. The largest absolute Gasteiger partial charge is 0.211 e. The summed E-state index contributed by atoms with van der Waals surface area (Å²) in [5, 5.41) is 13.7. The van der Waals surface area contributed by atoms with Crippen LogP contribution in [0.1, 0.15) is 5.69 Å². The van der Waals surface area contributed by atoms with Crippen molar-refractivity contribution < 1.29 is 0 Å². The normalized spacial score (nSPS) is 11.1. The number of para-hydroxylation sites is 2. The molecule has 0 radical (unpaired) electrons. The van der Waals surface area contributed by atoms with Crippen LogP contribution in [-0.4, -0.2) is 24.8 Å². The van der Waals surface area contributed by atoms with Crippen molar-refractivity contribution in [1.29, 1.82) is 0 Å². The van der Waals surface area contributed by atoms with Gasteiger partial charge in [0, 0.05) is 0 Å². The van der Waals surface area contributed by atoms with Crippen molar-refractivity contribution in [1.82, 2.24) is 24.8 Å². The van der Waals surface area contributed by atoms with Crippen molar-refractivity contribution >= 4 is 11.2 Å². The van der Waals surface area contributed by atoms with Gasteiger partial charge in [-0.2, -0.15) is 5.10 Å². The van der Waals surface area contributed by atoms with Gasteiger partial charge >= 0.3 is 0 Å². The van der Waals surface area contributed by atoms with Crippen LogP contribution in [0.5, 0.6) is 0 Å². The maximum absolute atomic E-state index is 4.59. The summed E-state index contributed by atoms with van der Waals surface area (Å²) in [7, 11) is 0. The molecule has 0 N–H and O–H groups in total. The van der Waals surface area contributed by atoms with Crippen molar-refractivity contribution in [3.8, 4) is 11.4 Å². The third-order valence-corrected chi connectivity index (χ3v) is 3.38. The van der Waals surface area contributed by atoms with E-state index in [1.165, 1.54) is 0 Å². The lowest BCUT2D eigenvalue weighted by Crippen LogP contribution is -2.02. The third kappa shape index (κ3) is 1.90. The van der Waals surface area contributed by atoms with Crippen LogP contribution < -0.4 is 0 Å². The van der Waals surface area contributed by atoms with E-state index in [1.807, 2.05) is 72.3 Å². The fourth-order valence-electron chi connectivity index (χ4n) is 2.35. The molecule has 0 fully saturated rings. The summed E-state index contributed by atoms with van der Waals surface area (Å²) in [5.41, 5.74) is 4.38. The molecule has 21 heavy (non-hydrogen) atoms. The highest BCUT2D eigenvalue weighted by molar-refractivity contribution is 5.75. The van der Waals surface area contributed by atoms with Gasteiger partial charge in [-0.15, -0.1) is 15.0 Å². The number of fused-ring (bicyclic) bond motifs is 1. The van der Waals surface area contributed by atoms with E-state index in [2.05, 4.69) is 15.3 Å². The number of rotatable bonds is 2. The zero-order valence-electron chi connectivity index (χ0n) is 11.5. The monoisotopic (exact) mass is 275 g/mol. The Morgan fingerprint density at radius 2 is 1.33 bits per heavy atom. The van der Waals surface area contributed by atoms with E-state index in [9.17, 15) is 0 Å². The Morgan fingerprint density at radius 1 is 0.714 bits per heavy atom. The number of aryl methyl sites for hydroxylation is 1. The molecule has 102 valence electrons. The zero-order chi connectivity index (χ0) is 14.2. The quantitative estimate of drug-likeness (QED) is 0.565. The van der Waals surface area contributed by atoms with Crippen molar-refractivity contribution in [2.24, 2.45) is 0 Å². The number of hydrogen-bond acceptors (Lipinski definition) is 3. The van der Waals surface area contributed by atoms with Gasteiger partial charge in [-0.1, -0.05) is 36.4 Å². The molecule has 0 amide bonds. The lowest BCUT2D eigenvalue weighted by molar-refractivity contribution is 0.742. The highest BCUT2D eigenvalue weighted by Crippen LogP contribution is 2.19. The van der Waals surface area contributed by atoms with Gasteiger partial charge in [0.05, 0.1) is 17.1 Å². The summed E-state index contributed by atoms with van der Waals surface area (Å²) in [4.78, 5) is 1.65. The first kappa shape index (κ1) is 11.8. The second-order valence-electron chi connectivity index (χ2n) is 4.83. The van der Waals surface area contributed by atoms with Crippen LogP contribution in [0, 0.1) is 6.92 Å². The first-order valence-electron chi connectivity index (χ1n) is 6.76. The van der Waals surface area contributed by atoms with Crippen LogP contribution in [0.15, 0.2) is 60.7 Å². The SMILES string of the molecule is Cc1nn(-c2ccccc2)c2nn(-c3ccccc3)nc12. The minimum atomic E-state index is 0.766. The number of aromatic nitrogens is 5. The van der Waals surface area contributed by atoms with Crippen molar-refractivity contribution in [2.45, 2.75) is 6.92 Å². The lowest BCUT2D eigenvalue weighted by atomic mass is 10.3. The molecule has 4 aromatic rings. The average Bonchev–Trinajstić information content (AvgIpc) is 3.10. The van der Waals surface area contributed by atoms with E-state index in [0.29, 0.717) is 0 Å². The van der Waals surface area contributed by atoms with Gasteiger partial charge in [0.25, 0.3) is 0 Å². The maximum Gasteiger partial charge on any atom is 0.206 e. The van der Waals surface area contributed by atoms with Crippen LogP contribution >= 0.6 is 0 Å². The fourth-order valence-corrected chi connectivity index (χ4v) is 2.35. The van der Waals surface area contributed by atoms with Gasteiger partial charge in [-0.25, -0.2) is 4.68 Å². The molecule has 0 bridgehead atoms. The molecule has 0 aliphatic rings. The van der Waals surface area contributed by atoms with Gasteiger partial charge in [-0.05, 0) is 31.2 Å². The zero-order valence-corrected chi connectivity index (χ0v) is 11.5. The van der Waals surface area contributed by atoms with E-state index in [4.69, 9.17) is 0 Å². The Labute approximate surface area is 121 Å². The van der Waals surface area contributed by atoms with Crippen molar-refractivity contribution in [3.05, 3.63) is 66.4 Å². The smallest absolute Gasteiger partial charge is 0.206 e. The Balaban J connectivity index is 1.93. The average molecular weight is 275 g/mol. The Bertz CT molecular complexity index is 890. The van der Waals surface area contributed by atoms with Gasteiger partial charge in [-0.3, -0.25) is 0 Å². The molecule has 0 saturated carbocycles. The molecule has 2 heterocycles. The van der Waals surface area contributed by atoms with Crippen molar-refractivity contribution in [2.75, 3.05) is 0 Å². The Hall–Kier alpha value is -2.95. The molecule has 0 saturated heterocycles. The molecule has 2 aromatic carbocycles. The maximum atomic E-state index is 4.59. The van der Waals surface area contributed by atoms with Crippen LogP contribution in [0.2, 0.25) is 0 Å². The number of nitrogens with zero attached hydrogens (tertiary/aromatic N) is 5. The van der Waals surface area contributed by atoms with E-state index in [0.717, 1.165) is 28.2 Å². The molecule has 0 atom stereocenters. The van der Waals surface area contributed by atoms with Gasteiger partial charge in [0.2, 0.25) is 5.65 Å². The van der Waals surface area contributed by atoms with Crippen LogP contribution in [-0.2, 0) is 0 Å². The summed E-state index contributed by atoms with van der Waals surface area (Å²) in [6.07, 6.45) is 0. The second kappa shape index (κ2) is 4.56. The highest BCUT2D eigenvalue weighted by atomic mass is 15.5. The first-order chi connectivity index (χ1) is 10.3. The molecule has 0 unspecified atom stereocenters. The van der Waals surface area contributed by atoms with Crippen LogP contribution in [0.4, 0.5) is 0 Å². The predicted octanol–water partition coefficient (Wildman–Crippen LogP) is 2.91. The van der Waals surface area contributed by atoms with E-state index in [-0.39, 0.29) is 0 Å². The minimum absolute atomic E-state index is 0.766. The van der Waals surface area contributed by atoms with E-state index in [1.54, 1.807) is 4.80 Å². The topological polar surface area (TPSA) is 48.5 Å². The molecule has 0 aliphatic carbocycles.